The fourth-order valence-electron chi connectivity index (χ4n) is 2.45. The summed E-state index contributed by atoms with van der Waals surface area (Å²) in [5, 5.41) is 0. The Bertz CT molecular complexity index is 542. The Balaban J connectivity index is 2.05. The largest absolute Gasteiger partial charge is 0.282 e. The van der Waals surface area contributed by atoms with E-state index in [1.807, 2.05) is 18.2 Å². The van der Waals surface area contributed by atoms with Crippen LogP contribution in [0.4, 0.5) is 5.69 Å². The molecule has 0 unspecified atom stereocenters. The van der Waals surface area contributed by atoms with Crippen molar-refractivity contribution < 1.29 is 8.42 Å². The zero-order chi connectivity index (χ0) is 13.9. The van der Waals surface area contributed by atoms with Gasteiger partial charge in [0.25, 0.3) is 0 Å². The van der Waals surface area contributed by atoms with E-state index in [1.54, 1.807) is 0 Å². The van der Waals surface area contributed by atoms with E-state index in [1.165, 1.54) is 6.42 Å². The molecule has 0 aliphatic heterocycles. The average Bonchev–Trinajstić information content (AvgIpc) is 2.34. The van der Waals surface area contributed by atoms with Gasteiger partial charge in [0.2, 0.25) is 10.0 Å². The van der Waals surface area contributed by atoms with E-state index in [4.69, 9.17) is 0 Å². The summed E-state index contributed by atoms with van der Waals surface area (Å²) in [4.78, 5) is 0. The third-order valence-electron chi connectivity index (χ3n) is 3.37. The van der Waals surface area contributed by atoms with Gasteiger partial charge in [0.05, 0.1) is 11.4 Å². The summed E-state index contributed by atoms with van der Waals surface area (Å²) in [7, 11) is -3.26. The second-order valence-corrected chi connectivity index (χ2v) is 8.88. The van der Waals surface area contributed by atoms with Crippen molar-refractivity contribution in [3.05, 3.63) is 26.2 Å². The first-order valence-corrected chi connectivity index (χ1v) is 9.94. The van der Waals surface area contributed by atoms with Crippen LogP contribution in [0.1, 0.15) is 32.1 Å². The van der Waals surface area contributed by atoms with E-state index in [0.29, 0.717) is 11.6 Å². The van der Waals surface area contributed by atoms with Crippen molar-refractivity contribution in [1.29, 1.82) is 0 Å². The maximum absolute atomic E-state index is 12.2. The third-order valence-corrected chi connectivity index (χ3v) is 6.18. The van der Waals surface area contributed by atoms with Gasteiger partial charge in [-0.25, -0.2) is 8.42 Å². The van der Waals surface area contributed by atoms with Gasteiger partial charge in [-0.15, -0.1) is 0 Å². The molecule has 0 bridgehead atoms. The summed E-state index contributed by atoms with van der Waals surface area (Å²) in [6, 6.07) is 5.63. The molecule has 1 aromatic carbocycles. The molecule has 1 aromatic rings. The quantitative estimate of drug-likeness (QED) is 0.682. The minimum atomic E-state index is -3.26. The standard InChI is InChI=1S/C13H17BrINO2S/c14-12-7-6-11(15)8-13(12)16-19(17,18)9-10-4-2-1-3-5-10/h6-8,10,16H,1-5,9H2. The molecule has 1 fully saturated rings. The van der Waals surface area contributed by atoms with Crippen molar-refractivity contribution in [1.82, 2.24) is 0 Å². The number of sulfonamides is 1. The van der Waals surface area contributed by atoms with Crippen LogP contribution in [-0.2, 0) is 10.0 Å². The molecule has 2 rings (SSSR count). The van der Waals surface area contributed by atoms with E-state index < -0.39 is 10.0 Å². The second kappa shape index (κ2) is 6.76. The van der Waals surface area contributed by atoms with Gasteiger partial charge < -0.3 is 0 Å². The summed E-state index contributed by atoms with van der Waals surface area (Å²) in [6.07, 6.45) is 5.63. The summed E-state index contributed by atoms with van der Waals surface area (Å²) in [5.41, 5.74) is 0.628. The Morgan fingerprint density at radius 3 is 2.63 bits per heavy atom. The van der Waals surface area contributed by atoms with E-state index >= 15 is 0 Å². The van der Waals surface area contributed by atoms with Crippen molar-refractivity contribution in [2.45, 2.75) is 32.1 Å². The Labute approximate surface area is 136 Å². The molecule has 0 atom stereocenters. The van der Waals surface area contributed by atoms with Crippen molar-refractivity contribution in [2.75, 3.05) is 10.5 Å². The molecular weight excluding hydrogens is 441 g/mol. The Kier molecular flexibility index (Phi) is 5.54. The van der Waals surface area contributed by atoms with E-state index in [2.05, 4.69) is 43.2 Å². The van der Waals surface area contributed by atoms with Crippen LogP contribution in [0.5, 0.6) is 0 Å². The minimum absolute atomic E-state index is 0.241. The number of benzene rings is 1. The monoisotopic (exact) mass is 457 g/mol. The lowest BCUT2D eigenvalue weighted by Gasteiger charge is -2.21. The Morgan fingerprint density at radius 1 is 1.26 bits per heavy atom. The SMILES string of the molecule is O=S(=O)(CC1CCCCC1)Nc1cc(I)ccc1Br. The van der Waals surface area contributed by atoms with Crippen molar-refractivity contribution in [3.8, 4) is 0 Å². The van der Waals surface area contributed by atoms with Crippen molar-refractivity contribution in [2.24, 2.45) is 5.92 Å². The molecule has 106 valence electrons. The molecule has 0 spiro atoms. The first-order valence-electron chi connectivity index (χ1n) is 6.42. The molecule has 0 heterocycles. The van der Waals surface area contributed by atoms with E-state index in [0.717, 1.165) is 33.7 Å². The lowest BCUT2D eigenvalue weighted by atomic mass is 9.91. The first-order chi connectivity index (χ1) is 8.96. The zero-order valence-electron chi connectivity index (χ0n) is 10.5. The van der Waals surface area contributed by atoms with Gasteiger partial charge in [-0.05, 0) is 75.5 Å². The van der Waals surface area contributed by atoms with Crippen molar-refractivity contribution in [3.63, 3.8) is 0 Å². The Morgan fingerprint density at radius 2 is 1.95 bits per heavy atom. The fourth-order valence-corrected chi connectivity index (χ4v) is 4.96. The van der Waals surface area contributed by atoms with Crippen LogP contribution in [0.25, 0.3) is 0 Å². The van der Waals surface area contributed by atoms with Gasteiger partial charge in [-0.1, -0.05) is 19.3 Å². The van der Waals surface area contributed by atoms with Gasteiger partial charge in [0.15, 0.2) is 0 Å². The molecule has 6 heteroatoms. The smallest absolute Gasteiger partial charge is 0.233 e. The molecule has 1 N–H and O–H groups in total. The average molecular weight is 458 g/mol. The molecule has 1 aliphatic carbocycles. The summed E-state index contributed by atoms with van der Waals surface area (Å²) in [6.45, 7) is 0. The van der Waals surface area contributed by atoms with Crippen LogP contribution in [0.2, 0.25) is 0 Å². The molecule has 1 saturated carbocycles. The maximum Gasteiger partial charge on any atom is 0.233 e. The zero-order valence-corrected chi connectivity index (χ0v) is 15.1. The molecule has 0 amide bonds. The Hall–Kier alpha value is 0.180. The topological polar surface area (TPSA) is 46.2 Å². The van der Waals surface area contributed by atoms with Crippen LogP contribution >= 0.6 is 38.5 Å². The molecule has 0 radical (unpaired) electrons. The van der Waals surface area contributed by atoms with Crippen molar-refractivity contribution >= 4 is 54.2 Å². The van der Waals surface area contributed by atoms with Gasteiger partial charge in [0.1, 0.15) is 0 Å². The lowest BCUT2D eigenvalue weighted by molar-refractivity contribution is 0.385. The van der Waals surface area contributed by atoms with Crippen LogP contribution in [0, 0.1) is 9.49 Å². The highest BCUT2D eigenvalue weighted by atomic mass is 127. The van der Waals surface area contributed by atoms with Crippen LogP contribution in [0.3, 0.4) is 0 Å². The number of anilines is 1. The van der Waals surface area contributed by atoms with Gasteiger partial charge in [-0.2, -0.15) is 0 Å². The minimum Gasteiger partial charge on any atom is -0.282 e. The maximum atomic E-state index is 12.2. The van der Waals surface area contributed by atoms with Gasteiger partial charge >= 0.3 is 0 Å². The van der Waals surface area contributed by atoms with Gasteiger partial charge in [0, 0.05) is 8.04 Å². The molecular formula is C13H17BrINO2S. The van der Waals surface area contributed by atoms with Crippen LogP contribution in [-0.4, -0.2) is 14.2 Å². The van der Waals surface area contributed by atoms with Crippen LogP contribution < -0.4 is 4.72 Å². The molecule has 3 nitrogen and oxygen atoms in total. The summed E-state index contributed by atoms with van der Waals surface area (Å²) in [5.74, 6) is 0.554. The summed E-state index contributed by atoms with van der Waals surface area (Å²) < 4.78 is 28.9. The highest BCUT2D eigenvalue weighted by molar-refractivity contribution is 14.1. The predicted octanol–water partition coefficient (Wildman–Crippen LogP) is 4.38. The van der Waals surface area contributed by atoms with Crippen LogP contribution in [0.15, 0.2) is 22.7 Å². The number of hydrogen-bond acceptors (Lipinski definition) is 2. The molecule has 1 aliphatic rings. The highest BCUT2D eigenvalue weighted by Crippen LogP contribution is 2.28. The number of rotatable bonds is 4. The lowest BCUT2D eigenvalue weighted by Crippen LogP contribution is -2.24. The number of nitrogens with one attached hydrogen (secondary N) is 1. The number of halogens is 2. The fraction of sp³-hybridized carbons (Fsp3) is 0.538. The van der Waals surface area contributed by atoms with E-state index in [9.17, 15) is 8.42 Å². The first kappa shape index (κ1) is 15.6. The predicted molar refractivity (Wildman–Crippen MR) is 90.8 cm³/mol. The highest BCUT2D eigenvalue weighted by Gasteiger charge is 2.21. The molecule has 0 saturated heterocycles. The third kappa shape index (κ3) is 4.90. The molecule has 0 aromatic heterocycles. The second-order valence-electron chi connectivity index (χ2n) is 5.01. The normalized spacial score (nSPS) is 17.4. The molecule has 19 heavy (non-hydrogen) atoms. The van der Waals surface area contributed by atoms with E-state index in [-0.39, 0.29) is 5.75 Å². The number of hydrogen-bond donors (Lipinski definition) is 1. The summed E-state index contributed by atoms with van der Waals surface area (Å²) >= 11 is 5.55. The van der Waals surface area contributed by atoms with Gasteiger partial charge in [-0.3, -0.25) is 4.72 Å².